The number of nitriles is 1. The fourth-order valence-corrected chi connectivity index (χ4v) is 4.52. The first-order valence-corrected chi connectivity index (χ1v) is 11.7. The number of hydrogen-bond donors (Lipinski definition) is 0. The van der Waals surface area contributed by atoms with Crippen LogP contribution in [0.4, 0.5) is 5.69 Å². The molecular formula is C29H30N2O2. The zero-order valence-electron chi connectivity index (χ0n) is 19.4. The first-order valence-electron chi connectivity index (χ1n) is 11.7. The zero-order valence-corrected chi connectivity index (χ0v) is 19.4. The van der Waals surface area contributed by atoms with E-state index < -0.39 is 0 Å². The molecule has 0 radical (unpaired) electrons. The summed E-state index contributed by atoms with van der Waals surface area (Å²) < 4.78 is 5.94. The molecule has 33 heavy (non-hydrogen) atoms. The second-order valence-corrected chi connectivity index (χ2v) is 8.64. The fourth-order valence-electron chi connectivity index (χ4n) is 4.52. The number of nitrogens with zero attached hydrogens (tertiary/aromatic N) is 2. The van der Waals surface area contributed by atoms with E-state index >= 15 is 0 Å². The third kappa shape index (κ3) is 5.09. The van der Waals surface area contributed by atoms with E-state index in [-0.39, 0.29) is 5.91 Å². The predicted octanol–water partition coefficient (Wildman–Crippen LogP) is 6.17. The number of fused-ring (bicyclic) bond motifs is 1. The van der Waals surface area contributed by atoms with Crippen molar-refractivity contribution < 1.29 is 9.53 Å². The smallest absolute Gasteiger partial charge is 0.227 e. The summed E-state index contributed by atoms with van der Waals surface area (Å²) in [6.45, 7) is 5.42. The first kappa shape index (κ1) is 22.6. The van der Waals surface area contributed by atoms with Crippen LogP contribution in [0.25, 0.3) is 11.1 Å². The summed E-state index contributed by atoms with van der Waals surface area (Å²) in [5, 5.41) is 9.05. The van der Waals surface area contributed by atoms with Crippen LogP contribution in [0.5, 0.6) is 5.75 Å². The largest absolute Gasteiger partial charge is 0.493 e. The van der Waals surface area contributed by atoms with Crippen LogP contribution in [-0.4, -0.2) is 19.1 Å². The normalized spacial score (nSPS) is 12.7. The number of amides is 1. The van der Waals surface area contributed by atoms with Crippen molar-refractivity contribution >= 4 is 11.6 Å². The molecule has 0 atom stereocenters. The molecule has 1 amide bonds. The molecule has 3 aromatic rings. The summed E-state index contributed by atoms with van der Waals surface area (Å²) >= 11 is 0. The van der Waals surface area contributed by atoms with Gasteiger partial charge in [-0.2, -0.15) is 5.26 Å². The minimum atomic E-state index is 0.149. The van der Waals surface area contributed by atoms with E-state index in [1.54, 1.807) is 0 Å². The molecule has 3 aromatic carbocycles. The van der Waals surface area contributed by atoms with Crippen molar-refractivity contribution in [3.8, 4) is 22.9 Å². The third-order valence-electron chi connectivity index (χ3n) is 6.42. The SMILES string of the molecule is Cc1cccc(OCCCC(=O)N2CCCc3c(-c4cccc(CC#N)c4)cccc32)c1C. The van der Waals surface area contributed by atoms with Gasteiger partial charge in [0.25, 0.3) is 0 Å². The van der Waals surface area contributed by atoms with E-state index in [4.69, 9.17) is 10.00 Å². The Labute approximate surface area is 196 Å². The Morgan fingerprint density at radius 1 is 1.09 bits per heavy atom. The van der Waals surface area contributed by atoms with E-state index in [1.807, 2.05) is 35.2 Å². The average molecular weight is 439 g/mol. The molecular weight excluding hydrogens is 408 g/mol. The molecule has 4 rings (SSSR count). The van der Waals surface area contributed by atoms with Crippen molar-refractivity contribution in [3.05, 3.63) is 82.9 Å². The predicted molar refractivity (Wildman–Crippen MR) is 133 cm³/mol. The van der Waals surface area contributed by atoms with Gasteiger partial charge in [0.05, 0.1) is 19.1 Å². The Kier molecular flexibility index (Phi) is 7.10. The zero-order chi connectivity index (χ0) is 23.2. The van der Waals surface area contributed by atoms with Gasteiger partial charge in [-0.1, -0.05) is 48.5 Å². The standard InChI is InChI=1S/C29H30N2O2/c1-21-8-3-14-28(22(21)2)33-19-7-15-29(32)31-18-6-12-26-25(11-5-13-27(26)31)24-10-4-9-23(20-24)16-17-30/h3-5,8-11,13-14,20H,6-7,12,15-16,18-19H2,1-2H3. The Morgan fingerprint density at radius 2 is 1.91 bits per heavy atom. The molecule has 0 saturated carbocycles. The molecule has 0 unspecified atom stereocenters. The van der Waals surface area contributed by atoms with Crippen LogP contribution in [0.15, 0.2) is 60.7 Å². The van der Waals surface area contributed by atoms with Crippen LogP contribution < -0.4 is 9.64 Å². The Morgan fingerprint density at radius 3 is 2.76 bits per heavy atom. The van der Waals surface area contributed by atoms with Gasteiger partial charge in [-0.15, -0.1) is 0 Å². The van der Waals surface area contributed by atoms with Gasteiger partial charge in [-0.25, -0.2) is 0 Å². The van der Waals surface area contributed by atoms with Gasteiger partial charge < -0.3 is 9.64 Å². The van der Waals surface area contributed by atoms with Crippen molar-refractivity contribution in [1.29, 1.82) is 5.26 Å². The molecule has 0 aliphatic carbocycles. The molecule has 0 N–H and O–H groups in total. The molecule has 0 bridgehead atoms. The lowest BCUT2D eigenvalue weighted by Crippen LogP contribution is -2.35. The van der Waals surface area contributed by atoms with Gasteiger partial charge >= 0.3 is 0 Å². The van der Waals surface area contributed by atoms with E-state index in [9.17, 15) is 4.79 Å². The summed E-state index contributed by atoms with van der Waals surface area (Å²) in [6, 6.07) is 22.7. The van der Waals surface area contributed by atoms with Crippen LogP contribution in [-0.2, 0) is 17.6 Å². The maximum atomic E-state index is 13.1. The number of carbonyl (C=O) groups is 1. The van der Waals surface area contributed by atoms with Crippen molar-refractivity contribution in [2.45, 2.75) is 46.0 Å². The second kappa shape index (κ2) is 10.4. The number of benzene rings is 3. The Hall–Kier alpha value is -3.58. The maximum absolute atomic E-state index is 13.1. The summed E-state index contributed by atoms with van der Waals surface area (Å²) in [4.78, 5) is 15.1. The fraction of sp³-hybridized carbons (Fsp3) is 0.310. The number of hydrogen-bond acceptors (Lipinski definition) is 3. The van der Waals surface area contributed by atoms with E-state index in [0.717, 1.165) is 53.1 Å². The third-order valence-corrected chi connectivity index (χ3v) is 6.42. The van der Waals surface area contributed by atoms with E-state index in [0.29, 0.717) is 25.9 Å². The highest BCUT2D eigenvalue weighted by atomic mass is 16.5. The lowest BCUT2D eigenvalue weighted by molar-refractivity contribution is -0.118. The van der Waals surface area contributed by atoms with Crippen LogP contribution >= 0.6 is 0 Å². The first-order chi connectivity index (χ1) is 16.1. The summed E-state index contributed by atoms with van der Waals surface area (Å²) in [6.07, 6.45) is 3.46. The van der Waals surface area contributed by atoms with Crippen molar-refractivity contribution in [2.75, 3.05) is 18.1 Å². The lowest BCUT2D eigenvalue weighted by Gasteiger charge is -2.31. The molecule has 4 heteroatoms. The number of ether oxygens (including phenoxy) is 1. The van der Waals surface area contributed by atoms with Crippen molar-refractivity contribution in [2.24, 2.45) is 0 Å². The molecule has 1 aliphatic rings. The average Bonchev–Trinajstić information content (AvgIpc) is 2.84. The van der Waals surface area contributed by atoms with E-state index in [1.165, 1.54) is 11.1 Å². The summed E-state index contributed by atoms with van der Waals surface area (Å²) in [5.74, 6) is 1.05. The highest BCUT2D eigenvalue weighted by Gasteiger charge is 2.24. The highest BCUT2D eigenvalue weighted by Crippen LogP contribution is 2.36. The maximum Gasteiger partial charge on any atom is 0.227 e. The Bertz CT molecular complexity index is 1190. The van der Waals surface area contributed by atoms with Crippen LogP contribution in [0, 0.1) is 25.2 Å². The molecule has 4 nitrogen and oxygen atoms in total. The molecule has 0 fully saturated rings. The molecule has 0 saturated heterocycles. The van der Waals surface area contributed by atoms with E-state index in [2.05, 4.69) is 50.2 Å². The quantitative estimate of drug-likeness (QED) is 0.414. The van der Waals surface area contributed by atoms with Gasteiger partial charge in [0, 0.05) is 18.7 Å². The number of anilines is 1. The Balaban J connectivity index is 1.45. The van der Waals surface area contributed by atoms with Crippen molar-refractivity contribution in [3.63, 3.8) is 0 Å². The molecule has 0 spiro atoms. The monoisotopic (exact) mass is 438 g/mol. The van der Waals surface area contributed by atoms with Gasteiger partial charge in [0.2, 0.25) is 5.91 Å². The second-order valence-electron chi connectivity index (χ2n) is 8.64. The van der Waals surface area contributed by atoms with Gasteiger partial charge in [0.1, 0.15) is 5.75 Å². The molecule has 168 valence electrons. The molecule has 1 aliphatic heterocycles. The topological polar surface area (TPSA) is 53.3 Å². The highest BCUT2D eigenvalue weighted by molar-refractivity contribution is 5.96. The minimum Gasteiger partial charge on any atom is -0.493 e. The lowest BCUT2D eigenvalue weighted by atomic mass is 9.91. The number of rotatable bonds is 7. The van der Waals surface area contributed by atoms with Gasteiger partial charge in [-0.3, -0.25) is 4.79 Å². The molecule has 1 heterocycles. The summed E-state index contributed by atoms with van der Waals surface area (Å²) in [7, 11) is 0. The molecule has 0 aromatic heterocycles. The van der Waals surface area contributed by atoms with Crippen LogP contribution in [0.1, 0.15) is 41.5 Å². The minimum absolute atomic E-state index is 0.149. The van der Waals surface area contributed by atoms with Gasteiger partial charge in [0.15, 0.2) is 0 Å². The number of aryl methyl sites for hydroxylation is 1. The van der Waals surface area contributed by atoms with Crippen LogP contribution in [0.2, 0.25) is 0 Å². The van der Waals surface area contributed by atoms with Crippen LogP contribution in [0.3, 0.4) is 0 Å². The van der Waals surface area contributed by atoms with Crippen molar-refractivity contribution in [1.82, 2.24) is 0 Å². The van der Waals surface area contributed by atoms with Gasteiger partial charge in [-0.05, 0) is 78.6 Å². The summed E-state index contributed by atoms with van der Waals surface area (Å²) in [5.41, 5.74) is 7.88. The number of carbonyl (C=O) groups excluding carboxylic acids is 1.